The van der Waals surface area contributed by atoms with Gasteiger partial charge >= 0.3 is 0 Å². The lowest BCUT2D eigenvalue weighted by molar-refractivity contribution is -0.129. The van der Waals surface area contributed by atoms with E-state index < -0.39 is 16.1 Å². The van der Waals surface area contributed by atoms with Gasteiger partial charge in [0.05, 0.1) is 16.8 Å². The zero-order chi connectivity index (χ0) is 24.8. The number of thioether (sulfide) groups is 1. The fraction of sp³-hybridized carbons (Fsp3) is 0.385. The highest BCUT2D eigenvalue weighted by Crippen LogP contribution is 2.73. The van der Waals surface area contributed by atoms with Crippen molar-refractivity contribution in [2.75, 3.05) is 14.1 Å². The van der Waals surface area contributed by atoms with E-state index in [0.717, 1.165) is 17.5 Å². The Hall–Kier alpha value is -3.18. The lowest BCUT2D eigenvalue weighted by atomic mass is 9.66. The van der Waals surface area contributed by atoms with E-state index in [0.29, 0.717) is 16.3 Å². The molecule has 8 heteroatoms. The quantitative estimate of drug-likeness (QED) is 0.709. The first-order valence-corrected chi connectivity index (χ1v) is 12.2. The van der Waals surface area contributed by atoms with Crippen molar-refractivity contribution >= 4 is 34.7 Å². The average molecular weight is 478 g/mol. The number of hydrogen-bond acceptors (Lipinski definition) is 6. The Bertz CT molecular complexity index is 1250. The molecule has 1 unspecified atom stereocenters. The van der Waals surface area contributed by atoms with Crippen molar-refractivity contribution in [3.8, 4) is 6.07 Å². The van der Waals surface area contributed by atoms with E-state index in [4.69, 9.17) is 16.0 Å². The van der Waals surface area contributed by atoms with Gasteiger partial charge in [-0.2, -0.15) is 5.26 Å². The Balaban J connectivity index is 0.00000133. The van der Waals surface area contributed by atoms with Gasteiger partial charge in [0.25, 0.3) is 0 Å². The number of nitrogens with zero attached hydrogens (tertiary/aromatic N) is 4. The number of carbonyl (C=O) groups is 1. The van der Waals surface area contributed by atoms with E-state index in [9.17, 15) is 9.18 Å². The maximum absolute atomic E-state index is 14.8. The van der Waals surface area contributed by atoms with Gasteiger partial charge in [-0.05, 0) is 46.9 Å². The monoisotopic (exact) mass is 477 g/mol. The molecule has 1 saturated carbocycles. The van der Waals surface area contributed by atoms with E-state index in [1.54, 1.807) is 19.0 Å². The smallest absolute Gasteiger partial charge is 0.239 e. The highest BCUT2D eigenvalue weighted by atomic mass is 32.2. The van der Waals surface area contributed by atoms with Crippen LogP contribution in [0.15, 0.2) is 41.5 Å². The average Bonchev–Trinajstić information content (AvgIpc) is 3.44. The second kappa shape index (κ2) is 8.55. The molecule has 1 spiro atoms. The second-order valence-electron chi connectivity index (χ2n) is 8.86. The number of fused-ring (bicyclic) bond motifs is 4. The topological polar surface area (TPSA) is 95.4 Å². The van der Waals surface area contributed by atoms with Gasteiger partial charge < -0.3 is 10.6 Å². The summed E-state index contributed by atoms with van der Waals surface area (Å²) in [6, 6.07) is 10.8. The molecule has 2 N–H and O–H groups in total. The van der Waals surface area contributed by atoms with Crippen LogP contribution in [0.25, 0.3) is 11.9 Å². The highest BCUT2D eigenvalue weighted by molar-refractivity contribution is 8.15. The molecule has 0 saturated heterocycles. The Labute approximate surface area is 203 Å². The molecule has 1 aromatic carbocycles. The van der Waals surface area contributed by atoms with Gasteiger partial charge in [-0.15, -0.1) is 0 Å². The molecule has 2 heterocycles. The Morgan fingerprint density at radius 2 is 2.06 bits per heavy atom. The fourth-order valence-corrected chi connectivity index (χ4v) is 6.96. The number of pyridine rings is 1. The summed E-state index contributed by atoms with van der Waals surface area (Å²) >= 11 is 1.38. The van der Waals surface area contributed by atoms with Crippen LogP contribution in [0.3, 0.4) is 0 Å². The van der Waals surface area contributed by atoms with Crippen LogP contribution in [-0.4, -0.2) is 39.8 Å². The van der Waals surface area contributed by atoms with Crippen LogP contribution >= 0.6 is 11.8 Å². The number of nitriles is 1. The van der Waals surface area contributed by atoms with Crippen LogP contribution < -0.4 is 5.73 Å². The van der Waals surface area contributed by atoms with Gasteiger partial charge in [0.2, 0.25) is 5.91 Å². The molecule has 2 aliphatic carbocycles. The van der Waals surface area contributed by atoms with Gasteiger partial charge in [-0.1, -0.05) is 44.7 Å². The molecular weight excluding hydrogens is 449 g/mol. The van der Waals surface area contributed by atoms with E-state index >= 15 is 0 Å². The number of aliphatic imine (C=N–C) groups is 1. The second-order valence-corrected chi connectivity index (χ2v) is 10.2. The molecule has 2 aromatic rings. The number of carbonyl (C=O) groups excluding carboxylic acids is 1. The lowest BCUT2D eigenvalue weighted by Gasteiger charge is -2.45. The number of halogens is 1. The van der Waals surface area contributed by atoms with Crippen molar-refractivity contribution in [2.45, 2.75) is 37.5 Å². The van der Waals surface area contributed by atoms with Crippen molar-refractivity contribution in [3.05, 3.63) is 64.5 Å². The molecule has 0 radical (unpaired) electrons. The third-order valence-corrected chi connectivity index (χ3v) is 8.30. The zero-order valence-electron chi connectivity index (χ0n) is 20.0. The molecule has 4 atom stereocenters. The molecule has 34 heavy (non-hydrogen) atoms. The summed E-state index contributed by atoms with van der Waals surface area (Å²) in [7, 11) is 3.54. The first-order chi connectivity index (χ1) is 16.2. The van der Waals surface area contributed by atoms with Crippen LogP contribution in [0.4, 0.5) is 4.39 Å². The van der Waals surface area contributed by atoms with Crippen LogP contribution in [0, 0.1) is 23.2 Å². The van der Waals surface area contributed by atoms with Gasteiger partial charge in [-0.3, -0.25) is 14.8 Å². The number of amides is 1. The van der Waals surface area contributed by atoms with Gasteiger partial charge in [-0.25, -0.2) is 4.39 Å². The van der Waals surface area contributed by atoms with Crippen molar-refractivity contribution in [2.24, 2.45) is 22.6 Å². The molecule has 5 rings (SSSR count). The molecule has 1 amide bonds. The summed E-state index contributed by atoms with van der Waals surface area (Å²) < 4.78 is 14.2. The molecule has 1 aliphatic heterocycles. The van der Waals surface area contributed by atoms with Crippen molar-refractivity contribution in [3.63, 3.8) is 0 Å². The van der Waals surface area contributed by atoms with Gasteiger partial charge in [0, 0.05) is 32.6 Å². The van der Waals surface area contributed by atoms with E-state index in [1.165, 1.54) is 36.2 Å². The highest BCUT2D eigenvalue weighted by Gasteiger charge is 2.78. The minimum absolute atomic E-state index is 0.0546. The number of aromatic nitrogens is 1. The maximum atomic E-state index is 14.8. The predicted molar refractivity (Wildman–Crippen MR) is 134 cm³/mol. The summed E-state index contributed by atoms with van der Waals surface area (Å²) in [5.41, 5.74) is 9.10. The number of amidine groups is 1. The first kappa shape index (κ1) is 24.0. The van der Waals surface area contributed by atoms with Crippen molar-refractivity contribution < 1.29 is 9.18 Å². The van der Waals surface area contributed by atoms with Crippen LogP contribution in [-0.2, 0) is 16.8 Å². The van der Waals surface area contributed by atoms with Crippen LogP contribution in [0.1, 0.15) is 48.7 Å². The van der Waals surface area contributed by atoms with Gasteiger partial charge in [0.15, 0.2) is 5.17 Å². The standard InChI is InChI=1S/C24H22FN5OS.C2H6/c1-13-20-23(29-22(27)32-24(13,20)21(31)30(2)3)10-16-6-4-14(8-17(16)23)9-18(25)19-7-5-15(11-26)12-28-19;1-2/h4-9,12-13,20H,10H2,1-3H3,(H2,27,29);1-2H3/b18-9-;/t13-,20?,23+,24-;/m0./s1. The minimum Gasteiger partial charge on any atom is -0.378 e. The number of nitrogens with two attached hydrogens (primary N) is 1. The normalized spacial score (nSPS) is 28.3. The van der Waals surface area contributed by atoms with Crippen LogP contribution in [0.2, 0.25) is 0 Å². The van der Waals surface area contributed by atoms with Crippen molar-refractivity contribution in [1.29, 1.82) is 5.26 Å². The summed E-state index contributed by atoms with van der Waals surface area (Å²) in [5, 5.41) is 9.32. The SMILES string of the molecule is CC.C[C@H]1C2[C@@]1(C(=O)N(C)C)SC(N)=N[C@@]21Cc2ccc(/C=C(\F)c3ccc(C#N)cn3)cc21. The minimum atomic E-state index is -0.587. The molecule has 0 bridgehead atoms. The lowest BCUT2D eigenvalue weighted by Crippen LogP contribution is -2.49. The summed E-state index contributed by atoms with van der Waals surface area (Å²) in [4.78, 5) is 23.6. The largest absolute Gasteiger partial charge is 0.378 e. The number of rotatable bonds is 3. The molecule has 1 aromatic heterocycles. The fourth-order valence-electron chi connectivity index (χ4n) is 5.36. The van der Waals surface area contributed by atoms with E-state index in [1.807, 2.05) is 38.1 Å². The third kappa shape index (κ3) is 3.41. The molecule has 3 aliphatic rings. The molecular formula is C26H28FN5OS. The zero-order valence-corrected chi connectivity index (χ0v) is 20.8. The maximum Gasteiger partial charge on any atom is 0.239 e. The van der Waals surface area contributed by atoms with Gasteiger partial charge in [0.1, 0.15) is 16.6 Å². The summed E-state index contributed by atoms with van der Waals surface area (Å²) in [6.45, 7) is 6.09. The predicted octanol–water partition coefficient (Wildman–Crippen LogP) is 4.35. The molecule has 176 valence electrons. The van der Waals surface area contributed by atoms with Crippen molar-refractivity contribution in [1.82, 2.24) is 9.88 Å². The summed E-state index contributed by atoms with van der Waals surface area (Å²) in [5.74, 6) is -0.222. The Kier molecular flexibility index (Phi) is 6.03. The third-order valence-electron chi connectivity index (χ3n) is 6.86. The Morgan fingerprint density at radius 1 is 1.32 bits per heavy atom. The molecule has 6 nitrogen and oxygen atoms in total. The van der Waals surface area contributed by atoms with E-state index in [-0.39, 0.29) is 23.4 Å². The number of hydrogen-bond donors (Lipinski definition) is 1. The Morgan fingerprint density at radius 3 is 2.68 bits per heavy atom. The van der Waals surface area contributed by atoms with Crippen LogP contribution in [0.5, 0.6) is 0 Å². The summed E-state index contributed by atoms with van der Waals surface area (Å²) in [6.07, 6.45) is 3.51. The molecule has 1 fully saturated rings. The number of benzene rings is 1. The van der Waals surface area contributed by atoms with E-state index in [2.05, 4.69) is 11.9 Å². The first-order valence-electron chi connectivity index (χ1n) is 11.4.